The monoisotopic (exact) mass is 368 g/mol. The van der Waals surface area contributed by atoms with Crippen molar-refractivity contribution in [2.75, 3.05) is 5.32 Å². The van der Waals surface area contributed by atoms with Crippen LogP contribution in [0.1, 0.15) is 23.3 Å². The van der Waals surface area contributed by atoms with Crippen LogP contribution in [-0.4, -0.2) is 27.0 Å². The smallest absolute Gasteiger partial charge is 0.275 e. The van der Waals surface area contributed by atoms with Gasteiger partial charge in [-0.25, -0.2) is 15.0 Å². The highest BCUT2D eigenvalue weighted by atomic mass is 79.9. The van der Waals surface area contributed by atoms with E-state index in [2.05, 4.69) is 36.2 Å². The molecule has 0 saturated heterocycles. The second-order valence-electron chi connectivity index (χ2n) is 4.46. The summed E-state index contributed by atoms with van der Waals surface area (Å²) in [5.74, 6) is 0.333. The Labute approximate surface area is 134 Å². The lowest BCUT2D eigenvalue weighted by Gasteiger charge is -2.07. The summed E-state index contributed by atoms with van der Waals surface area (Å²) in [6, 6.07) is 5.06. The fourth-order valence-electron chi connectivity index (χ4n) is 1.57. The van der Waals surface area contributed by atoms with Crippen LogP contribution in [0.5, 0.6) is 5.88 Å². The molecule has 0 aromatic carbocycles. The van der Waals surface area contributed by atoms with E-state index in [4.69, 9.17) is 16.3 Å². The summed E-state index contributed by atoms with van der Waals surface area (Å²) < 4.78 is 5.92. The Balaban J connectivity index is 1.75. The zero-order valence-electron chi connectivity index (χ0n) is 10.7. The average Bonchev–Trinajstić information content (AvgIpc) is 3.26. The fourth-order valence-corrected chi connectivity index (χ4v) is 2.19. The van der Waals surface area contributed by atoms with Gasteiger partial charge in [0.1, 0.15) is 17.0 Å². The van der Waals surface area contributed by atoms with Crippen LogP contribution in [0.15, 0.2) is 29.0 Å². The molecule has 0 bridgehead atoms. The number of halogens is 2. The number of pyridine rings is 1. The van der Waals surface area contributed by atoms with Gasteiger partial charge in [-0.15, -0.1) is 0 Å². The number of hydrogen-bond acceptors (Lipinski definition) is 5. The van der Waals surface area contributed by atoms with Crippen molar-refractivity contribution in [1.29, 1.82) is 0 Å². The predicted molar refractivity (Wildman–Crippen MR) is 80.6 cm³/mol. The number of anilines is 1. The van der Waals surface area contributed by atoms with Gasteiger partial charge in [-0.05, 0) is 34.8 Å². The van der Waals surface area contributed by atoms with Gasteiger partial charge in [0.15, 0.2) is 10.4 Å². The number of nitrogens with one attached hydrogen (secondary N) is 1. The molecule has 21 heavy (non-hydrogen) atoms. The summed E-state index contributed by atoms with van der Waals surface area (Å²) in [7, 11) is 0. The van der Waals surface area contributed by atoms with E-state index >= 15 is 0 Å². The summed E-state index contributed by atoms with van der Waals surface area (Å²) in [5.41, 5.74) is 0.247. The third-order valence-electron chi connectivity index (χ3n) is 2.70. The standard InChI is InChI=1S/C13H10BrClN4O2/c14-11-12(16-6-9(15)18-11)19-13(20)8-2-1-3-10(17-8)21-7-4-5-7/h1-3,6-7H,4-5H2,(H,16,19,20). The van der Waals surface area contributed by atoms with E-state index in [-0.39, 0.29) is 22.8 Å². The number of aromatic nitrogens is 3. The molecule has 2 heterocycles. The zero-order valence-corrected chi connectivity index (χ0v) is 13.1. The molecular formula is C13H10BrClN4O2. The number of nitrogens with zero attached hydrogens (tertiary/aromatic N) is 3. The first-order valence-corrected chi connectivity index (χ1v) is 7.42. The van der Waals surface area contributed by atoms with E-state index in [1.54, 1.807) is 18.2 Å². The van der Waals surface area contributed by atoms with Crippen LogP contribution in [-0.2, 0) is 0 Å². The minimum atomic E-state index is -0.395. The second-order valence-corrected chi connectivity index (χ2v) is 5.60. The van der Waals surface area contributed by atoms with Gasteiger partial charge >= 0.3 is 0 Å². The average molecular weight is 370 g/mol. The number of carbonyl (C=O) groups excluding carboxylic acids is 1. The van der Waals surface area contributed by atoms with Crippen LogP contribution in [0, 0.1) is 0 Å². The van der Waals surface area contributed by atoms with Crippen molar-refractivity contribution >= 4 is 39.3 Å². The molecule has 2 aromatic heterocycles. The second kappa shape index (κ2) is 5.95. The molecular weight excluding hydrogens is 360 g/mol. The van der Waals surface area contributed by atoms with Gasteiger partial charge in [-0.1, -0.05) is 17.7 Å². The summed E-state index contributed by atoms with van der Waals surface area (Å²) in [6.45, 7) is 0. The third kappa shape index (κ3) is 3.68. The van der Waals surface area contributed by atoms with Crippen molar-refractivity contribution in [2.24, 2.45) is 0 Å². The third-order valence-corrected chi connectivity index (χ3v) is 3.44. The molecule has 1 aliphatic rings. The molecule has 0 spiro atoms. The van der Waals surface area contributed by atoms with Crippen LogP contribution in [0.25, 0.3) is 0 Å². The van der Waals surface area contributed by atoms with Crippen LogP contribution in [0.4, 0.5) is 5.82 Å². The Morgan fingerprint density at radius 1 is 1.38 bits per heavy atom. The van der Waals surface area contributed by atoms with Crippen LogP contribution >= 0.6 is 27.5 Å². The Hall–Kier alpha value is -1.73. The molecule has 1 saturated carbocycles. The maximum Gasteiger partial charge on any atom is 0.275 e. The van der Waals surface area contributed by atoms with Gasteiger partial charge in [0, 0.05) is 6.07 Å². The highest BCUT2D eigenvalue weighted by Gasteiger charge is 2.24. The van der Waals surface area contributed by atoms with Gasteiger partial charge in [0.05, 0.1) is 6.20 Å². The molecule has 1 amide bonds. The first-order chi connectivity index (χ1) is 10.1. The van der Waals surface area contributed by atoms with Crippen molar-refractivity contribution < 1.29 is 9.53 Å². The first kappa shape index (κ1) is 14.2. The van der Waals surface area contributed by atoms with Gasteiger partial charge in [0.25, 0.3) is 5.91 Å². The van der Waals surface area contributed by atoms with Gasteiger partial charge in [0.2, 0.25) is 5.88 Å². The molecule has 0 aliphatic heterocycles. The number of hydrogen-bond donors (Lipinski definition) is 1. The minimum absolute atomic E-state index is 0.229. The molecule has 0 unspecified atom stereocenters. The Kier molecular flexibility index (Phi) is 4.03. The Morgan fingerprint density at radius 2 is 2.19 bits per heavy atom. The molecule has 1 N–H and O–H groups in total. The molecule has 6 nitrogen and oxygen atoms in total. The lowest BCUT2D eigenvalue weighted by Crippen LogP contribution is -2.15. The van der Waals surface area contributed by atoms with E-state index in [9.17, 15) is 4.79 Å². The highest BCUT2D eigenvalue weighted by molar-refractivity contribution is 9.10. The fraction of sp³-hybridized carbons (Fsp3) is 0.231. The van der Waals surface area contributed by atoms with Crippen molar-refractivity contribution in [3.05, 3.63) is 39.8 Å². The maximum atomic E-state index is 12.2. The van der Waals surface area contributed by atoms with Crippen molar-refractivity contribution in [3.8, 4) is 5.88 Å². The van der Waals surface area contributed by atoms with E-state index in [1.807, 2.05) is 0 Å². The van der Waals surface area contributed by atoms with Crippen molar-refractivity contribution in [3.63, 3.8) is 0 Å². The summed E-state index contributed by atoms with van der Waals surface area (Å²) in [4.78, 5) is 24.3. The Morgan fingerprint density at radius 3 is 2.90 bits per heavy atom. The topological polar surface area (TPSA) is 77.0 Å². The minimum Gasteiger partial charge on any atom is -0.474 e. The lowest BCUT2D eigenvalue weighted by atomic mass is 10.3. The van der Waals surface area contributed by atoms with Crippen LogP contribution in [0.2, 0.25) is 5.15 Å². The first-order valence-electron chi connectivity index (χ1n) is 6.25. The van der Waals surface area contributed by atoms with Crippen molar-refractivity contribution in [2.45, 2.75) is 18.9 Å². The SMILES string of the molecule is O=C(Nc1ncc(Cl)nc1Br)c1cccc(OC2CC2)n1. The lowest BCUT2D eigenvalue weighted by molar-refractivity contribution is 0.102. The van der Waals surface area contributed by atoms with E-state index < -0.39 is 5.91 Å². The highest BCUT2D eigenvalue weighted by Crippen LogP contribution is 2.25. The molecule has 0 atom stereocenters. The van der Waals surface area contributed by atoms with Gasteiger partial charge in [-0.2, -0.15) is 0 Å². The molecule has 108 valence electrons. The molecule has 8 heteroatoms. The summed E-state index contributed by atoms with van der Waals surface area (Å²) in [6.07, 6.45) is 3.64. The number of amides is 1. The molecule has 0 radical (unpaired) electrons. The number of ether oxygens (including phenoxy) is 1. The molecule has 2 aromatic rings. The zero-order chi connectivity index (χ0) is 14.8. The quantitative estimate of drug-likeness (QED) is 0.896. The van der Waals surface area contributed by atoms with Gasteiger partial charge in [-0.3, -0.25) is 4.79 Å². The predicted octanol–water partition coefficient (Wildman–Crippen LogP) is 3.08. The van der Waals surface area contributed by atoms with Crippen LogP contribution in [0.3, 0.4) is 0 Å². The normalized spacial score (nSPS) is 13.8. The summed E-state index contributed by atoms with van der Waals surface area (Å²) >= 11 is 8.89. The Bertz CT molecular complexity index is 694. The van der Waals surface area contributed by atoms with E-state index in [0.29, 0.717) is 10.5 Å². The largest absolute Gasteiger partial charge is 0.474 e. The number of rotatable bonds is 4. The summed E-state index contributed by atoms with van der Waals surface area (Å²) in [5, 5.41) is 2.85. The molecule has 1 fully saturated rings. The molecule has 3 rings (SSSR count). The van der Waals surface area contributed by atoms with Crippen LogP contribution < -0.4 is 10.1 Å². The van der Waals surface area contributed by atoms with Crippen molar-refractivity contribution in [1.82, 2.24) is 15.0 Å². The van der Waals surface area contributed by atoms with Gasteiger partial charge < -0.3 is 10.1 Å². The maximum absolute atomic E-state index is 12.2. The van der Waals surface area contributed by atoms with E-state index in [0.717, 1.165) is 12.8 Å². The molecule has 1 aliphatic carbocycles. The van der Waals surface area contributed by atoms with E-state index in [1.165, 1.54) is 6.20 Å². The number of carbonyl (C=O) groups is 1.